The third kappa shape index (κ3) is 4.81. The number of ether oxygens (including phenoxy) is 2. The van der Waals surface area contributed by atoms with Crippen LogP contribution in [0.25, 0.3) is 0 Å². The maximum atomic E-state index is 11.2. The van der Waals surface area contributed by atoms with Crippen molar-refractivity contribution in [1.29, 1.82) is 0 Å². The summed E-state index contributed by atoms with van der Waals surface area (Å²) in [6.07, 6.45) is 0. The third-order valence-corrected chi connectivity index (χ3v) is 3.69. The van der Waals surface area contributed by atoms with Crippen molar-refractivity contribution in [3.05, 3.63) is 35.4 Å². The van der Waals surface area contributed by atoms with Gasteiger partial charge in [0.15, 0.2) is 0 Å². The molecule has 0 aliphatic carbocycles. The zero-order valence-corrected chi connectivity index (χ0v) is 13.0. The molecule has 20 heavy (non-hydrogen) atoms. The average Bonchev–Trinajstić information content (AvgIpc) is 2.40. The molecule has 0 atom stereocenters. The van der Waals surface area contributed by atoms with Crippen LogP contribution in [0.15, 0.2) is 24.3 Å². The van der Waals surface area contributed by atoms with Crippen molar-refractivity contribution < 1.29 is 14.3 Å². The summed E-state index contributed by atoms with van der Waals surface area (Å²) in [4.78, 5) is 11.2. The highest BCUT2D eigenvalue weighted by molar-refractivity contribution is 7.98. The fraction of sp³-hybridized carbons (Fsp3) is 0.400. The summed E-state index contributed by atoms with van der Waals surface area (Å²) in [6.45, 7) is 7.50. The van der Waals surface area contributed by atoms with Gasteiger partial charge in [-0.25, -0.2) is 4.79 Å². The third-order valence-electron chi connectivity index (χ3n) is 2.72. The molecule has 4 nitrogen and oxygen atoms in total. The molecule has 5 heteroatoms. The van der Waals surface area contributed by atoms with Gasteiger partial charge in [-0.1, -0.05) is 6.58 Å². The standard InChI is InChI=1S/C15H21NO3S/c1-10(2)15(17)19-5-6-20-9-12-8-14(18-4)11(3)7-13(12)16/h7-8H,1,5-6,9,16H2,2-4H3. The van der Waals surface area contributed by atoms with Gasteiger partial charge in [0.1, 0.15) is 12.4 Å². The lowest BCUT2D eigenvalue weighted by atomic mass is 10.1. The number of carbonyl (C=O) groups is 1. The molecule has 0 aliphatic heterocycles. The van der Waals surface area contributed by atoms with Crippen LogP contribution in [0, 0.1) is 6.92 Å². The van der Waals surface area contributed by atoms with E-state index in [9.17, 15) is 4.79 Å². The molecule has 0 bridgehead atoms. The maximum Gasteiger partial charge on any atom is 0.333 e. The molecule has 0 heterocycles. The fourth-order valence-corrected chi connectivity index (χ4v) is 2.41. The highest BCUT2D eigenvalue weighted by Crippen LogP contribution is 2.27. The van der Waals surface area contributed by atoms with E-state index >= 15 is 0 Å². The van der Waals surface area contributed by atoms with Gasteiger partial charge in [0.25, 0.3) is 0 Å². The van der Waals surface area contributed by atoms with Crippen LogP contribution >= 0.6 is 11.8 Å². The van der Waals surface area contributed by atoms with Crippen molar-refractivity contribution in [2.45, 2.75) is 19.6 Å². The van der Waals surface area contributed by atoms with Crippen LogP contribution in [0.5, 0.6) is 5.75 Å². The normalized spacial score (nSPS) is 10.2. The Morgan fingerprint density at radius 2 is 2.15 bits per heavy atom. The minimum Gasteiger partial charge on any atom is -0.496 e. The predicted molar refractivity (Wildman–Crippen MR) is 84.1 cm³/mol. The Kier molecular flexibility index (Phi) is 6.45. The summed E-state index contributed by atoms with van der Waals surface area (Å²) in [5.41, 5.74) is 9.21. The monoisotopic (exact) mass is 295 g/mol. The number of methoxy groups -OCH3 is 1. The lowest BCUT2D eigenvalue weighted by Crippen LogP contribution is -2.07. The lowest BCUT2D eigenvalue weighted by Gasteiger charge is -2.11. The van der Waals surface area contributed by atoms with Gasteiger partial charge in [-0.15, -0.1) is 0 Å². The predicted octanol–water partition coefficient (Wildman–Crippen LogP) is 2.94. The quantitative estimate of drug-likeness (QED) is 0.363. The molecule has 110 valence electrons. The van der Waals surface area contributed by atoms with Gasteiger partial charge in [0.2, 0.25) is 0 Å². The number of esters is 1. The summed E-state index contributed by atoms with van der Waals surface area (Å²) < 4.78 is 10.3. The number of carbonyl (C=O) groups excluding carboxylic acids is 1. The highest BCUT2D eigenvalue weighted by Gasteiger charge is 2.06. The number of aryl methyl sites for hydroxylation is 1. The second kappa shape index (κ2) is 7.85. The number of nitrogens with two attached hydrogens (primary N) is 1. The minimum atomic E-state index is -0.345. The molecule has 2 N–H and O–H groups in total. The first-order valence-corrected chi connectivity index (χ1v) is 7.44. The van der Waals surface area contributed by atoms with E-state index in [1.54, 1.807) is 25.8 Å². The Morgan fingerprint density at radius 1 is 1.45 bits per heavy atom. The van der Waals surface area contributed by atoms with Crippen molar-refractivity contribution in [2.75, 3.05) is 25.2 Å². The maximum absolute atomic E-state index is 11.2. The number of anilines is 1. The molecular weight excluding hydrogens is 274 g/mol. The molecule has 1 aromatic carbocycles. The molecule has 1 aromatic rings. The van der Waals surface area contributed by atoms with E-state index in [0.717, 1.165) is 28.3 Å². The fourth-order valence-electron chi connectivity index (χ4n) is 1.60. The van der Waals surface area contributed by atoms with Crippen LogP contribution in [-0.4, -0.2) is 25.4 Å². The first-order valence-electron chi connectivity index (χ1n) is 6.29. The Morgan fingerprint density at radius 3 is 2.75 bits per heavy atom. The van der Waals surface area contributed by atoms with Crippen LogP contribution in [-0.2, 0) is 15.3 Å². The number of nitrogen functional groups attached to an aromatic ring is 1. The summed E-state index contributed by atoms with van der Waals surface area (Å²) in [7, 11) is 1.65. The van der Waals surface area contributed by atoms with E-state index < -0.39 is 0 Å². The smallest absolute Gasteiger partial charge is 0.333 e. The first kappa shape index (κ1) is 16.4. The van der Waals surface area contributed by atoms with Crippen molar-refractivity contribution in [2.24, 2.45) is 0 Å². The summed E-state index contributed by atoms with van der Waals surface area (Å²) >= 11 is 1.66. The Labute approximate surface area is 124 Å². The Balaban J connectivity index is 2.42. The summed E-state index contributed by atoms with van der Waals surface area (Å²) in [5, 5.41) is 0. The van der Waals surface area contributed by atoms with E-state index in [1.165, 1.54) is 0 Å². The van der Waals surface area contributed by atoms with E-state index in [-0.39, 0.29) is 5.97 Å². The average molecular weight is 295 g/mol. The van der Waals surface area contributed by atoms with Crippen LogP contribution in [0.3, 0.4) is 0 Å². The molecule has 0 aromatic heterocycles. The summed E-state index contributed by atoms with van der Waals surface area (Å²) in [6, 6.07) is 3.87. The highest BCUT2D eigenvalue weighted by atomic mass is 32.2. The van der Waals surface area contributed by atoms with E-state index in [0.29, 0.717) is 17.9 Å². The summed E-state index contributed by atoms with van der Waals surface area (Å²) in [5.74, 6) is 1.97. The molecule has 0 saturated heterocycles. The number of rotatable bonds is 7. The molecule has 1 rings (SSSR count). The second-order valence-electron chi connectivity index (χ2n) is 4.49. The molecule has 0 fully saturated rings. The second-order valence-corrected chi connectivity index (χ2v) is 5.59. The van der Waals surface area contributed by atoms with Gasteiger partial charge in [-0.05, 0) is 37.1 Å². The van der Waals surface area contributed by atoms with E-state index in [2.05, 4.69) is 6.58 Å². The number of hydrogen-bond donors (Lipinski definition) is 1. The molecule has 0 radical (unpaired) electrons. The number of benzene rings is 1. The minimum absolute atomic E-state index is 0.345. The van der Waals surface area contributed by atoms with E-state index in [4.69, 9.17) is 15.2 Å². The van der Waals surface area contributed by atoms with Gasteiger partial charge in [-0.3, -0.25) is 0 Å². The van der Waals surface area contributed by atoms with Crippen molar-refractivity contribution in [3.8, 4) is 5.75 Å². The molecule has 0 amide bonds. The van der Waals surface area contributed by atoms with Crippen LogP contribution in [0.4, 0.5) is 5.69 Å². The molecule has 0 aliphatic rings. The van der Waals surface area contributed by atoms with Gasteiger partial charge in [0.05, 0.1) is 7.11 Å². The zero-order chi connectivity index (χ0) is 15.1. The van der Waals surface area contributed by atoms with Crippen molar-refractivity contribution in [1.82, 2.24) is 0 Å². The first-order chi connectivity index (χ1) is 9.45. The molecule has 0 unspecified atom stereocenters. The number of hydrogen-bond acceptors (Lipinski definition) is 5. The zero-order valence-electron chi connectivity index (χ0n) is 12.2. The topological polar surface area (TPSA) is 61.5 Å². The van der Waals surface area contributed by atoms with Crippen LogP contribution < -0.4 is 10.5 Å². The lowest BCUT2D eigenvalue weighted by molar-refractivity contribution is -0.138. The van der Waals surface area contributed by atoms with Crippen molar-refractivity contribution >= 4 is 23.4 Å². The van der Waals surface area contributed by atoms with Crippen LogP contribution in [0.1, 0.15) is 18.1 Å². The largest absolute Gasteiger partial charge is 0.496 e. The molecule has 0 saturated carbocycles. The Bertz CT molecular complexity index is 500. The SMILES string of the molecule is C=C(C)C(=O)OCCSCc1cc(OC)c(C)cc1N. The van der Waals surface area contributed by atoms with Gasteiger partial charge >= 0.3 is 5.97 Å². The van der Waals surface area contributed by atoms with E-state index in [1.807, 2.05) is 19.1 Å². The van der Waals surface area contributed by atoms with Gasteiger partial charge < -0.3 is 15.2 Å². The van der Waals surface area contributed by atoms with Crippen LogP contribution in [0.2, 0.25) is 0 Å². The Hall–Kier alpha value is -1.62. The number of thioether (sulfide) groups is 1. The van der Waals surface area contributed by atoms with Crippen molar-refractivity contribution in [3.63, 3.8) is 0 Å². The van der Waals surface area contributed by atoms with Gasteiger partial charge in [-0.2, -0.15) is 11.8 Å². The molecular formula is C15H21NO3S. The molecule has 0 spiro atoms. The van der Waals surface area contributed by atoms with Gasteiger partial charge in [0, 0.05) is 22.8 Å².